The van der Waals surface area contributed by atoms with Crippen LogP contribution in [0.5, 0.6) is 0 Å². The van der Waals surface area contributed by atoms with Gasteiger partial charge in [0.1, 0.15) is 5.88 Å². The number of hydrogen-bond donors (Lipinski definition) is 1. The largest absolute Gasteiger partial charge is 0.330 e. The van der Waals surface area contributed by atoms with E-state index in [0.29, 0.717) is 5.95 Å². The molecule has 0 saturated carbocycles. The van der Waals surface area contributed by atoms with Gasteiger partial charge >= 0.3 is 0 Å². The highest BCUT2D eigenvalue weighted by Gasteiger charge is 2.02. The van der Waals surface area contributed by atoms with Gasteiger partial charge < -0.3 is 4.90 Å². The molecule has 1 rings (SSSR count). The SMILES string of the molecule is CN(C[SH](=O)=O)c1ncccn1. The quantitative estimate of drug-likeness (QED) is 0.645. The van der Waals surface area contributed by atoms with Crippen LogP contribution in [0.1, 0.15) is 0 Å². The van der Waals surface area contributed by atoms with E-state index in [-0.39, 0.29) is 5.88 Å². The first-order chi connectivity index (χ1) is 5.70. The lowest BCUT2D eigenvalue weighted by atomic mass is 10.7. The molecule has 0 spiro atoms. The van der Waals surface area contributed by atoms with Gasteiger partial charge in [0.25, 0.3) is 0 Å². The Hall–Kier alpha value is -1.17. The second-order valence-corrected chi connectivity index (χ2v) is 3.17. The predicted molar refractivity (Wildman–Crippen MR) is 45.6 cm³/mol. The maximum Gasteiger partial charge on any atom is 0.225 e. The van der Waals surface area contributed by atoms with Crippen molar-refractivity contribution in [3.8, 4) is 0 Å². The molecule has 0 bridgehead atoms. The molecule has 0 saturated heterocycles. The molecule has 0 amide bonds. The van der Waals surface area contributed by atoms with Crippen LogP contribution in [0.25, 0.3) is 0 Å². The Morgan fingerprint density at radius 2 is 2.00 bits per heavy atom. The van der Waals surface area contributed by atoms with Crippen molar-refractivity contribution in [2.45, 2.75) is 0 Å². The van der Waals surface area contributed by atoms with Crippen molar-refractivity contribution in [1.82, 2.24) is 9.97 Å². The maximum atomic E-state index is 10.3. The zero-order valence-corrected chi connectivity index (χ0v) is 7.44. The summed E-state index contributed by atoms with van der Waals surface area (Å²) < 4.78 is 20.6. The zero-order valence-electron chi connectivity index (χ0n) is 6.54. The van der Waals surface area contributed by atoms with Crippen molar-refractivity contribution in [3.05, 3.63) is 18.5 Å². The van der Waals surface area contributed by atoms with Gasteiger partial charge in [0.2, 0.25) is 5.95 Å². The van der Waals surface area contributed by atoms with Crippen LogP contribution in [0.15, 0.2) is 18.5 Å². The maximum absolute atomic E-state index is 10.3. The standard InChI is InChI=1S/C6H9N3O2S/c1-9(5-12(10)11)6-7-3-2-4-8-6/h2-4,12H,5H2,1H3. The number of nitrogens with zero attached hydrogens (tertiary/aromatic N) is 3. The lowest BCUT2D eigenvalue weighted by Gasteiger charge is -2.11. The molecule has 0 aliphatic heterocycles. The highest BCUT2D eigenvalue weighted by atomic mass is 32.2. The Morgan fingerprint density at radius 1 is 1.42 bits per heavy atom. The van der Waals surface area contributed by atoms with Crippen molar-refractivity contribution >= 4 is 16.7 Å². The van der Waals surface area contributed by atoms with E-state index >= 15 is 0 Å². The predicted octanol–water partition coefficient (Wildman–Crippen LogP) is -0.518. The zero-order chi connectivity index (χ0) is 8.97. The summed E-state index contributed by atoms with van der Waals surface area (Å²) >= 11 is 0. The van der Waals surface area contributed by atoms with Crippen molar-refractivity contribution < 1.29 is 8.42 Å². The lowest BCUT2D eigenvalue weighted by molar-refractivity contribution is 0.613. The summed E-state index contributed by atoms with van der Waals surface area (Å²) in [6, 6.07) is 1.68. The molecule has 0 unspecified atom stereocenters. The molecule has 0 aromatic carbocycles. The van der Waals surface area contributed by atoms with Crippen LogP contribution in [0.3, 0.4) is 0 Å². The summed E-state index contributed by atoms with van der Waals surface area (Å²) in [5, 5.41) is 0. The Morgan fingerprint density at radius 3 is 2.50 bits per heavy atom. The van der Waals surface area contributed by atoms with Gasteiger partial charge in [-0.1, -0.05) is 0 Å². The van der Waals surface area contributed by atoms with Crippen LogP contribution in [0, 0.1) is 0 Å². The number of hydrogen-bond acceptors (Lipinski definition) is 5. The Labute approximate surface area is 72.0 Å². The van der Waals surface area contributed by atoms with Crippen LogP contribution < -0.4 is 4.90 Å². The third-order valence-corrected chi connectivity index (χ3v) is 1.88. The summed E-state index contributed by atoms with van der Waals surface area (Å²) in [5.74, 6) is 0.357. The average molecular weight is 187 g/mol. The number of anilines is 1. The van der Waals surface area contributed by atoms with E-state index in [1.54, 1.807) is 25.5 Å². The van der Waals surface area contributed by atoms with E-state index in [4.69, 9.17) is 0 Å². The molecule has 1 aromatic rings. The average Bonchev–Trinajstić information content (AvgIpc) is 2.05. The fraction of sp³-hybridized carbons (Fsp3) is 0.333. The first kappa shape index (κ1) is 8.92. The molecule has 1 aromatic heterocycles. The van der Waals surface area contributed by atoms with E-state index in [2.05, 4.69) is 9.97 Å². The molecule has 66 valence electrons. The third kappa shape index (κ3) is 2.46. The summed E-state index contributed by atoms with van der Waals surface area (Å²) in [4.78, 5) is 9.22. The normalized spacial score (nSPS) is 10.2. The summed E-state index contributed by atoms with van der Waals surface area (Å²) in [6.45, 7) is 0. The summed E-state index contributed by atoms with van der Waals surface area (Å²) in [6.07, 6.45) is 3.13. The molecule has 1 heterocycles. The van der Waals surface area contributed by atoms with Gasteiger partial charge in [0.05, 0.1) is 0 Å². The third-order valence-electron chi connectivity index (χ3n) is 1.22. The van der Waals surface area contributed by atoms with Gasteiger partial charge in [-0.25, -0.2) is 18.4 Å². The van der Waals surface area contributed by atoms with Gasteiger partial charge in [0, 0.05) is 19.4 Å². The van der Waals surface area contributed by atoms with Gasteiger partial charge in [-0.15, -0.1) is 0 Å². The van der Waals surface area contributed by atoms with E-state index in [9.17, 15) is 8.42 Å². The molecule has 0 fully saturated rings. The second-order valence-electron chi connectivity index (χ2n) is 2.22. The molecule has 0 atom stereocenters. The monoisotopic (exact) mass is 187 g/mol. The fourth-order valence-corrected chi connectivity index (χ4v) is 1.20. The Kier molecular flexibility index (Phi) is 2.98. The Bertz CT molecular complexity index is 304. The lowest BCUT2D eigenvalue weighted by Crippen LogP contribution is -2.21. The van der Waals surface area contributed by atoms with Crippen molar-refractivity contribution in [1.29, 1.82) is 0 Å². The van der Waals surface area contributed by atoms with Crippen molar-refractivity contribution in [2.75, 3.05) is 17.8 Å². The van der Waals surface area contributed by atoms with E-state index in [1.807, 2.05) is 0 Å². The minimum Gasteiger partial charge on any atom is -0.330 e. The highest BCUT2D eigenvalue weighted by Crippen LogP contribution is 2.00. The molecule has 0 radical (unpaired) electrons. The fourth-order valence-electron chi connectivity index (χ4n) is 0.725. The smallest absolute Gasteiger partial charge is 0.225 e. The molecule has 0 aliphatic rings. The summed E-state index contributed by atoms with van der Waals surface area (Å²) in [5.41, 5.74) is 0. The van der Waals surface area contributed by atoms with Crippen molar-refractivity contribution in [2.24, 2.45) is 0 Å². The minimum atomic E-state index is -2.42. The molecular formula is C6H9N3O2S. The number of rotatable bonds is 3. The van der Waals surface area contributed by atoms with Gasteiger partial charge in [-0.3, -0.25) is 0 Å². The number of thiol groups is 1. The van der Waals surface area contributed by atoms with Crippen molar-refractivity contribution in [3.63, 3.8) is 0 Å². The van der Waals surface area contributed by atoms with Crippen LogP contribution >= 0.6 is 0 Å². The van der Waals surface area contributed by atoms with Crippen LogP contribution in [-0.2, 0) is 10.7 Å². The first-order valence-electron chi connectivity index (χ1n) is 3.30. The molecule has 0 N–H and O–H groups in total. The van der Waals surface area contributed by atoms with E-state index in [0.717, 1.165) is 0 Å². The molecule has 12 heavy (non-hydrogen) atoms. The number of aromatic nitrogens is 2. The van der Waals surface area contributed by atoms with Gasteiger partial charge in [0.15, 0.2) is 10.7 Å². The Balaban J connectivity index is 2.71. The molecule has 5 nitrogen and oxygen atoms in total. The molecular weight excluding hydrogens is 178 g/mol. The molecule has 6 heteroatoms. The highest BCUT2D eigenvalue weighted by molar-refractivity contribution is 7.72. The van der Waals surface area contributed by atoms with Crippen LogP contribution in [-0.4, -0.2) is 31.3 Å². The first-order valence-corrected chi connectivity index (χ1v) is 4.66. The van der Waals surface area contributed by atoms with Gasteiger partial charge in [-0.2, -0.15) is 0 Å². The second kappa shape index (κ2) is 4.01. The minimum absolute atomic E-state index is 0.0562. The summed E-state index contributed by atoms with van der Waals surface area (Å²) in [7, 11) is -0.792. The van der Waals surface area contributed by atoms with Gasteiger partial charge in [-0.05, 0) is 6.07 Å². The van der Waals surface area contributed by atoms with E-state index in [1.165, 1.54) is 4.90 Å². The van der Waals surface area contributed by atoms with Crippen LogP contribution in [0.4, 0.5) is 5.95 Å². The van der Waals surface area contributed by atoms with Crippen LogP contribution in [0.2, 0.25) is 0 Å². The molecule has 0 aliphatic carbocycles. The topological polar surface area (TPSA) is 63.2 Å². The van der Waals surface area contributed by atoms with E-state index < -0.39 is 10.7 Å².